The molecule has 0 amide bonds. The van der Waals surface area contributed by atoms with Crippen LogP contribution in [0, 0.1) is 34.5 Å². The fourth-order valence-electron chi connectivity index (χ4n) is 5.91. The van der Waals surface area contributed by atoms with E-state index < -0.39 is 0 Å². The predicted octanol–water partition coefficient (Wildman–Crippen LogP) is 8.66. The molecule has 0 aromatic carbocycles. The Bertz CT molecular complexity index is 404. The number of hydrogen-bond donors (Lipinski definition) is 0. The Morgan fingerprint density at radius 3 is 2.40 bits per heavy atom. The first-order valence-corrected chi connectivity index (χ1v) is 11.4. The highest BCUT2D eigenvalue weighted by Crippen LogP contribution is 2.62. The molecule has 0 aromatic rings. The topological polar surface area (TPSA) is 0 Å². The highest BCUT2D eigenvalue weighted by atomic mass is 14.6. The number of hydrogen-bond acceptors (Lipinski definition) is 0. The lowest BCUT2D eigenvalue weighted by atomic mass is 9.53. The monoisotopic (exact) mass is 348 g/mol. The van der Waals surface area contributed by atoms with E-state index in [4.69, 9.17) is 0 Å². The summed E-state index contributed by atoms with van der Waals surface area (Å²) >= 11 is 0. The maximum Gasteiger partial charge on any atom is -0.00879 e. The largest absolute Gasteiger partial charge is 0.0993 e. The molecule has 2 aliphatic rings. The van der Waals surface area contributed by atoms with Gasteiger partial charge in [-0.25, -0.2) is 0 Å². The van der Waals surface area contributed by atoms with Gasteiger partial charge in [-0.1, -0.05) is 93.2 Å². The van der Waals surface area contributed by atoms with Gasteiger partial charge >= 0.3 is 0 Å². The summed E-state index contributed by atoms with van der Waals surface area (Å²) in [5.74, 6) is 3.66. The predicted molar refractivity (Wildman–Crippen MR) is 115 cm³/mol. The molecule has 0 bridgehead atoms. The third-order valence-corrected chi connectivity index (χ3v) is 8.00. The Balaban J connectivity index is 0.00000151. The Kier molecular flexibility index (Phi) is 8.76. The summed E-state index contributed by atoms with van der Waals surface area (Å²) < 4.78 is 0. The zero-order chi connectivity index (χ0) is 19.3. The smallest absolute Gasteiger partial charge is 0.00879 e. The minimum absolute atomic E-state index is 0.461. The van der Waals surface area contributed by atoms with Crippen LogP contribution in [-0.4, -0.2) is 0 Å². The molecule has 0 heterocycles. The van der Waals surface area contributed by atoms with E-state index in [1.807, 2.05) is 13.8 Å². The molecule has 5 unspecified atom stereocenters. The number of fused-ring (bicyclic) bond motifs is 1. The first kappa shape index (κ1) is 22.8. The van der Waals surface area contributed by atoms with Crippen LogP contribution in [0.5, 0.6) is 0 Å². The van der Waals surface area contributed by atoms with Gasteiger partial charge in [-0.15, -0.1) is 0 Å². The fourth-order valence-corrected chi connectivity index (χ4v) is 5.91. The zero-order valence-electron chi connectivity index (χ0n) is 18.9. The lowest BCUT2D eigenvalue weighted by Gasteiger charge is -2.52. The summed E-state index contributed by atoms with van der Waals surface area (Å²) in [6.45, 7) is 23.3. The van der Waals surface area contributed by atoms with Crippen molar-refractivity contribution in [3.63, 3.8) is 0 Å². The van der Waals surface area contributed by atoms with Crippen LogP contribution < -0.4 is 0 Å². The van der Waals surface area contributed by atoms with Gasteiger partial charge in [0, 0.05) is 0 Å². The molecule has 2 saturated carbocycles. The van der Waals surface area contributed by atoms with E-state index in [0.717, 1.165) is 23.7 Å². The number of rotatable bonds is 7. The van der Waals surface area contributed by atoms with Crippen LogP contribution in [0.1, 0.15) is 113 Å². The maximum absolute atomic E-state index is 4.46. The van der Waals surface area contributed by atoms with Crippen LogP contribution in [0.4, 0.5) is 0 Å². The molecule has 0 radical (unpaired) electrons. The van der Waals surface area contributed by atoms with E-state index in [-0.39, 0.29) is 0 Å². The molecular formula is C25H48. The van der Waals surface area contributed by atoms with Crippen LogP contribution in [0.25, 0.3) is 0 Å². The van der Waals surface area contributed by atoms with Crippen molar-refractivity contribution in [1.29, 1.82) is 0 Å². The second-order valence-electron chi connectivity index (χ2n) is 9.80. The van der Waals surface area contributed by atoms with Gasteiger partial charge in [0.15, 0.2) is 0 Å². The highest BCUT2D eigenvalue weighted by molar-refractivity contribution is 5.20. The van der Waals surface area contributed by atoms with Gasteiger partial charge in [0.2, 0.25) is 0 Å². The first-order valence-electron chi connectivity index (χ1n) is 11.4. The molecule has 0 aromatic heterocycles. The fraction of sp³-hybridized carbons (Fsp3) is 0.920. The molecule has 5 atom stereocenters. The van der Waals surface area contributed by atoms with Crippen molar-refractivity contribution in [2.24, 2.45) is 34.5 Å². The summed E-state index contributed by atoms with van der Waals surface area (Å²) in [6, 6.07) is 0. The molecule has 2 rings (SSSR count). The Morgan fingerprint density at radius 1 is 1.20 bits per heavy atom. The molecule has 0 heteroatoms. The van der Waals surface area contributed by atoms with Gasteiger partial charge in [0.25, 0.3) is 0 Å². The van der Waals surface area contributed by atoms with Crippen molar-refractivity contribution < 1.29 is 0 Å². The third-order valence-electron chi connectivity index (χ3n) is 8.00. The van der Waals surface area contributed by atoms with E-state index >= 15 is 0 Å². The van der Waals surface area contributed by atoms with E-state index in [1.54, 1.807) is 5.57 Å². The average Bonchev–Trinajstić information content (AvgIpc) is 2.90. The van der Waals surface area contributed by atoms with Gasteiger partial charge < -0.3 is 0 Å². The van der Waals surface area contributed by atoms with Crippen molar-refractivity contribution >= 4 is 0 Å². The second-order valence-corrected chi connectivity index (χ2v) is 9.80. The summed E-state index contributed by atoms with van der Waals surface area (Å²) in [7, 11) is 0. The van der Waals surface area contributed by atoms with Gasteiger partial charge in [0.05, 0.1) is 0 Å². The van der Waals surface area contributed by atoms with Crippen LogP contribution in [0.2, 0.25) is 0 Å². The van der Waals surface area contributed by atoms with Crippen LogP contribution >= 0.6 is 0 Å². The standard InChI is InChI=1S/C23H42.C2H6/c1-8-10-19-20(22(5,6)15-13-17(3)9-2)14-16-23(7)18(4)11-12-21(19)23;1-2/h17,19-21H,4,8-16H2,1-3,5-7H3;1-2H3. The molecule has 0 aliphatic heterocycles. The van der Waals surface area contributed by atoms with Crippen molar-refractivity contribution in [2.45, 2.75) is 113 Å². The third kappa shape index (κ3) is 4.92. The maximum atomic E-state index is 4.46. The quantitative estimate of drug-likeness (QED) is 0.404. The van der Waals surface area contributed by atoms with E-state index in [2.05, 4.69) is 48.1 Å². The lowest BCUT2D eigenvalue weighted by Crippen LogP contribution is -2.44. The van der Waals surface area contributed by atoms with Gasteiger partial charge in [-0.3, -0.25) is 0 Å². The molecule has 0 N–H and O–H groups in total. The molecule has 2 aliphatic carbocycles. The second kappa shape index (κ2) is 9.61. The van der Waals surface area contributed by atoms with Crippen molar-refractivity contribution in [1.82, 2.24) is 0 Å². The SMILES string of the molecule is C=C1CCC2C(CCC)C(C(C)(C)CCC(C)CC)CCC12C.CC. The molecule has 25 heavy (non-hydrogen) atoms. The minimum atomic E-state index is 0.461. The van der Waals surface area contributed by atoms with Gasteiger partial charge in [-0.05, 0) is 66.6 Å². The molecular weight excluding hydrogens is 300 g/mol. The van der Waals surface area contributed by atoms with Crippen molar-refractivity contribution in [3.05, 3.63) is 12.2 Å². The molecule has 2 fully saturated rings. The van der Waals surface area contributed by atoms with E-state index in [1.165, 1.54) is 57.8 Å². The van der Waals surface area contributed by atoms with Crippen LogP contribution in [-0.2, 0) is 0 Å². The Labute approximate surface area is 160 Å². The first-order chi connectivity index (χ1) is 11.8. The molecule has 0 nitrogen and oxygen atoms in total. The van der Waals surface area contributed by atoms with Gasteiger partial charge in [0.1, 0.15) is 0 Å². The van der Waals surface area contributed by atoms with E-state index in [0.29, 0.717) is 10.8 Å². The van der Waals surface area contributed by atoms with Crippen molar-refractivity contribution in [2.75, 3.05) is 0 Å². The van der Waals surface area contributed by atoms with E-state index in [9.17, 15) is 0 Å². The normalized spacial score (nSPS) is 33.4. The average molecular weight is 349 g/mol. The zero-order valence-corrected chi connectivity index (χ0v) is 18.9. The summed E-state index contributed by atoms with van der Waals surface area (Å²) in [5, 5.41) is 0. The highest BCUT2D eigenvalue weighted by Gasteiger charge is 2.52. The van der Waals surface area contributed by atoms with Crippen LogP contribution in [0.3, 0.4) is 0 Å². The Hall–Kier alpha value is -0.260. The molecule has 148 valence electrons. The summed E-state index contributed by atoms with van der Waals surface area (Å²) in [5.41, 5.74) is 2.54. The summed E-state index contributed by atoms with van der Waals surface area (Å²) in [6.07, 6.45) is 12.5. The van der Waals surface area contributed by atoms with Crippen molar-refractivity contribution in [3.8, 4) is 0 Å². The van der Waals surface area contributed by atoms with Gasteiger partial charge in [-0.2, -0.15) is 0 Å². The molecule has 0 spiro atoms. The van der Waals surface area contributed by atoms with Crippen LogP contribution in [0.15, 0.2) is 12.2 Å². The summed E-state index contributed by atoms with van der Waals surface area (Å²) in [4.78, 5) is 0. The Morgan fingerprint density at radius 2 is 1.84 bits per heavy atom. The minimum Gasteiger partial charge on any atom is -0.0993 e. The number of allylic oxidation sites excluding steroid dienone is 1. The molecule has 0 saturated heterocycles. The lowest BCUT2D eigenvalue weighted by molar-refractivity contribution is -0.0137.